The van der Waals surface area contributed by atoms with Crippen LogP contribution >= 0.6 is 0 Å². The third-order valence-electron chi connectivity index (χ3n) is 5.98. The Morgan fingerprint density at radius 3 is 2.47 bits per heavy atom. The predicted octanol–water partition coefficient (Wildman–Crippen LogP) is 4.77. The summed E-state index contributed by atoms with van der Waals surface area (Å²) < 4.78 is 10.9. The molecule has 1 saturated carbocycles. The van der Waals surface area contributed by atoms with Gasteiger partial charge < -0.3 is 9.47 Å². The van der Waals surface area contributed by atoms with Crippen LogP contribution < -0.4 is 9.47 Å². The molecule has 2 aliphatic rings. The summed E-state index contributed by atoms with van der Waals surface area (Å²) in [7, 11) is 3.27. The van der Waals surface area contributed by atoms with E-state index in [0.717, 1.165) is 42.5 Å². The molecule has 1 heterocycles. The molecule has 0 bridgehead atoms. The minimum Gasteiger partial charge on any atom is -0.493 e. The zero-order valence-corrected chi connectivity index (χ0v) is 17.6. The summed E-state index contributed by atoms with van der Waals surface area (Å²) in [4.78, 5) is 13.1. The smallest absolute Gasteiger partial charge is 0.246 e. The van der Waals surface area contributed by atoms with Gasteiger partial charge in [-0.05, 0) is 36.6 Å². The Bertz CT molecular complexity index is 952. The Balaban J connectivity index is 1.65. The van der Waals surface area contributed by atoms with E-state index in [2.05, 4.69) is 0 Å². The molecule has 0 saturated heterocycles. The molecule has 2 aromatic rings. The van der Waals surface area contributed by atoms with Gasteiger partial charge in [0.2, 0.25) is 5.91 Å². The van der Waals surface area contributed by atoms with Gasteiger partial charge in [-0.1, -0.05) is 55.3 Å². The van der Waals surface area contributed by atoms with E-state index in [1.807, 2.05) is 60.7 Å². The van der Waals surface area contributed by atoms with Gasteiger partial charge in [0.25, 0.3) is 0 Å². The molecule has 1 amide bonds. The fourth-order valence-electron chi connectivity index (χ4n) is 4.45. The van der Waals surface area contributed by atoms with Gasteiger partial charge in [0.05, 0.1) is 26.5 Å². The summed E-state index contributed by atoms with van der Waals surface area (Å²) in [6.45, 7) is 0.466. The second-order valence-electron chi connectivity index (χ2n) is 7.79. The van der Waals surface area contributed by atoms with E-state index in [1.165, 1.54) is 0 Å². The van der Waals surface area contributed by atoms with Crippen molar-refractivity contribution in [1.82, 2.24) is 5.01 Å². The second-order valence-corrected chi connectivity index (χ2v) is 7.79. The largest absolute Gasteiger partial charge is 0.493 e. The first-order chi connectivity index (χ1) is 14.7. The monoisotopic (exact) mass is 404 g/mol. The summed E-state index contributed by atoms with van der Waals surface area (Å²) >= 11 is 0. The Morgan fingerprint density at radius 2 is 1.73 bits per heavy atom. The summed E-state index contributed by atoms with van der Waals surface area (Å²) in [5.41, 5.74) is 3.09. The van der Waals surface area contributed by atoms with Crippen LogP contribution in [0, 0.1) is 11.8 Å². The van der Waals surface area contributed by atoms with E-state index >= 15 is 0 Å². The summed E-state index contributed by atoms with van der Waals surface area (Å²) in [5, 5.41) is 6.47. The average molecular weight is 405 g/mol. The number of nitrogens with zero attached hydrogens (tertiary/aromatic N) is 2. The molecule has 4 rings (SSSR count). The molecule has 5 nitrogen and oxygen atoms in total. The first-order valence-corrected chi connectivity index (χ1v) is 10.5. The van der Waals surface area contributed by atoms with Crippen LogP contribution in [0.5, 0.6) is 11.5 Å². The summed E-state index contributed by atoms with van der Waals surface area (Å²) in [6, 6.07) is 16.0. The standard InChI is InChI=1S/C25H28N2O3/c1-29-22-15-14-19(17-23(22)30-2)24-20-12-6-7-13-21(20)25(28)27(26-24)16-8-11-18-9-4-3-5-10-18/h3-5,8-11,14-15,17,20-21H,6-7,12-13,16H2,1-2H3/b11-8+/t20-,21+/m0/s1. The van der Waals surface area contributed by atoms with Crippen molar-refractivity contribution in [1.29, 1.82) is 0 Å². The fraction of sp³-hybridized carbons (Fsp3) is 0.360. The SMILES string of the molecule is COc1ccc(C2=NN(C/C=C/c3ccccc3)C(=O)[C@@H]3CCCC[C@H]23)cc1OC. The van der Waals surface area contributed by atoms with E-state index in [-0.39, 0.29) is 17.7 Å². The Morgan fingerprint density at radius 1 is 1.00 bits per heavy atom. The van der Waals surface area contributed by atoms with E-state index < -0.39 is 0 Å². The number of hydrogen-bond acceptors (Lipinski definition) is 4. The number of carbonyl (C=O) groups is 1. The van der Waals surface area contributed by atoms with E-state index in [0.29, 0.717) is 18.0 Å². The van der Waals surface area contributed by atoms with Gasteiger partial charge in [-0.25, -0.2) is 5.01 Å². The lowest BCUT2D eigenvalue weighted by Gasteiger charge is -2.38. The average Bonchev–Trinajstić information content (AvgIpc) is 2.81. The molecule has 1 fully saturated rings. The molecule has 156 valence electrons. The molecule has 0 N–H and O–H groups in total. The third kappa shape index (κ3) is 4.11. The Kier molecular flexibility index (Phi) is 6.17. The topological polar surface area (TPSA) is 51.1 Å². The number of carbonyl (C=O) groups excluding carboxylic acids is 1. The van der Waals surface area contributed by atoms with Crippen molar-refractivity contribution in [3.05, 3.63) is 65.7 Å². The molecule has 30 heavy (non-hydrogen) atoms. The lowest BCUT2D eigenvalue weighted by molar-refractivity contribution is -0.138. The molecule has 0 radical (unpaired) electrons. The zero-order valence-electron chi connectivity index (χ0n) is 17.6. The molecule has 0 spiro atoms. The highest BCUT2D eigenvalue weighted by molar-refractivity contribution is 6.07. The number of hydrazone groups is 1. The first kappa shape index (κ1) is 20.2. The molecule has 2 aromatic carbocycles. The highest BCUT2D eigenvalue weighted by Gasteiger charge is 2.41. The molecular formula is C25H28N2O3. The lowest BCUT2D eigenvalue weighted by Crippen LogP contribution is -2.46. The molecule has 0 aromatic heterocycles. The van der Waals surface area contributed by atoms with Crippen LogP contribution in [0.25, 0.3) is 6.08 Å². The van der Waals surface area contributed by atoms with Gasteiger partial charge in [0, 0.05) is 17.4 Å². The fourth-order valence-corrected chi connectivity index (χ4v) is 4.45. The van der Waals surface area contributed by atoms with Crippen molar-refractivity contribution >= 4 is 17.7 Å². The minimum atomic E-state index is 0.00414. The van der Waals surface area contributed by atoms with Gasteiger partial charge in [-0.15, -0.1) is 0 Å². The second kappa shape index (κ2) is 9.16. The summed E-state index contributed by atoms with van der Waals surface area (Å²) in [5.74, 6) is 1.68. The Hall–Kier alpha value is -3.08. The quantitative estimate of drug-likeness (QED) is 0.697. The van der Waals surface area contributed by atoms with Crippen LogP contribution in [0.15, 0.2) is 59.7 Å². The van der Waals surface area contributed by atoms with Gasteiger partial charge in [-0.3, -0.25) is 4.79 Å². The van der Waals surface area contributed by atoms with Crippen molar-refractivity contribution in [3.8, 4) is 11.5 Å². The van der Waals surface area contributed by atoms with Crippen LogP contribution in [0.2, 0.25) is 0 Å². The van der Waals surface area contributed by atoms with Crippen molar-refractivity contribution < 1.29 is 14.3 Å². The van der Waals surface area contributed by atoms with E-state index in [4.69, 9.17) is 14.6 Å². The van der Waals surface area contributed by atoms with Gasteiger partial charge >= 0.3 is 0 Å². The molecule has 2 atom stereocenters. The maximum Gasteiger partial charge on any atom is 0.246 e. The normalized spacial score (nSPS) is 21.3. The van der Waals surface area contributed by atoms with Gasteiger partial charge in [0.1, 0.15) is 0 Å². The van der Waals surface area contributed by atoms with E-state index in [9.17, 15) is 4.79 Å². The number of hydrogen-bond donors (Lipinski definition) is 0. The number of methoxy groups -OCH3 is 2. The van der Waals surface area contributed by atoms with Crippen molar-refractivity contribution in [3.63, 3.8) is 0 Å². The van der Waals surface area contributed by atoms with Crippen molar-refractivity contribution in [2.75, 3.05) is 20.8 Å². The number of ether oxygens (including phenoxy) is 2. The predicted molar refractivity (Wildman–Crippen MR) is 119 cm³/mol. The minimum absolute atomic E-state index is 0.00414. The maximum absolute atomic E-state index is 13.1. The van der Waals surface area contributed by atoms with Crippen LogP contribution in [-0.4, -0.2) is 37.4 Å². The van der Waals surface area contributed by atoms with Crippen LogP contribution in [0.3, 0.4) is 0 Å². The number of amides is 1. The highest BCUT2D eigenvalue weighted by atomic mass is 16.5. The number of fused-ring (bicyclic) bond motifs is 1. The third-order valence-corrected chi connectivity index (χ3v) is 5.98. The molecule has 1 aliphatic heterocycles. The lowest BCUT2D eigenvalue weighted by atomic mass is 9.73. The maximum atomic E-state index is 13.1. The van der Waals surface area contributed by atoms with Crippen LogP contribution in [0.1, 0.15) is 36.8 Å². The molecule has 1 aliphatic carbocycles. The summed E-state index contributed by atoms with van der Waals surface area (Å²) in [6.07, 6.45) is 8.19. The van der Waals surface area contributed by atoms with Crippen molar-refractivity contribution in [2.24, 2.45) is 16.9 Å². The molecule has 0 unspecified atom stereocenters. The highest BCUT2D eigenvalue weighted by Crippen LogP contribution is 2.39. The first-order valence-electron chi connectivity index (χ1n) is 10.5. The Labute approximate surface area is 178 Å². The number of rotatable bonds is 6. The van der Waals surface area contributed by atoms with Crippen LogP contribution in [0.4, 0.5) is 0 Å². The number of benzene rings is 2. The van der Waals surface area contributed by atoms with Gasteiger partial charge in [0.15, 0.2) is 11.5 Å². The van der Waals surface area contributed by atoms with Crippen molar-refractivity contribution in [2.45, 2.75) is 25.7 Å². The van der Waals surface area contributed by atoms with Gasteiger partial charge in [-0.2, -0.15) is 5.10 Å². The zero-order chi connectivity index (χ0) is 20.9. The van der Waals surface area contributed by atoms with E-state index in [1.54, 1.807) is 19.2 Å². The molecular weight excluding hydrogens is 376 g/mol. The van der Waals surface area contributed by atoms with Crippen LogP contribution in [-0.2, 0) is 4.79 Å². The molecule has 5 heteroatoms.